The molecule has 1 aliphatic rings. The Morgan fingerprint density at radius 1 is 1.29 bits per heavy atom. The van der Waals surface area contributed by atoms with Crippen molar-refractivity contribution in [1.82, 2.24) is 9.88 Å². The highest BCUT2D eigenvalue weighted by molar-refractivity contribution is 6.39. The number of nitrogens with zero attached hydrogens (tertiary/aromatic N) is 2. The number of aromatic nitrogens is 1. The molecule has 2 aromatic rings. The van der Waals surface area contributed by atoms with E-state index in [0.29, 0.717) is 16.9 Å². The first-order valence-electron chi connectivity index (χ1n) is 8.64. The van der Waals surface area contributed by atoms with E-state index in [1.54, 1.807) is 13.0 Å². The maximum Gasteiger partial charge on any atom is 0.313 e. The van der Waals surface area contributed by atoms with Gasteiger partial charge in [0.2, 0.25) is 0 Å². The zero-order chi connectivity index (χ0) is 20.5. The molecule has 3 rings (SSSR count). The molecule has 1 aliphatic heterocycles. The fourth-order valence-electron chi connectivity index (χ4n) is 3.13. The van der Waals surface area contributed by atoms with Crippen molar-refractivity contribution in [3.05, 3.63) is 53.5 Å². The van der Waals surface area contributed by atoms with Gasteiger partial charge in [-0.3, -0.25) is 9.59 Å². The lowest BCUT2D eigenvalue weighted by Gasteiger charge is -2.39. The first-order chi connectivity index (χ1) is 13.2. The molecular formula is C19H19F3N4O2. The molecule has 0 saturated carbocycles. The van der Waals surface area contributed by atoms with Crippen molar-refractivity contribution in [3.63, 3.8) is 0 Å². The zero-order valence-corrected chi connectivity index (χ0v) is 15.1. The van der Waals surface area contributed by atoms with E-state index >= 15 is 0 Å². The van der Waals surface area contributed by atoms with Crippen molar-refractivity contribution in [2.75, 3.05) is 17.6 Å². The van der Waals surface area contributed by atoms with Gasteiger partial charge in [-0.25, -0.2) is 18.2 Å². The van der Waals surface area contributed by atoms with Crippen LogP contribution in [0.3, 0.4) is 0 Å². The molecule has 2 heterocycles. The van der Waals surface area contributed by atoms with E-state index in [-0.39, 0.29) is 12.2 Å². The smallest absolute Gasteiger partial charge is 0.313 e. The second-order valence-electron chi connectivity index (χ2n) is 6.76. The fraction of sp³-hybridized carbons (Fsp3) is 0.316. The van der Waals surface area contributed by atoms with Gasteiger partial charge in [0, 0.05) is 19.4 Å². The quantitative estimate of drug-likeness (QED) is 0.769. The molecular weight excluding hydrogens is 373 g/mol. The predicted molar refractivity (Wildman–Crippen MR) is 97.1 cm³/mol. The topological polar surface area (TPSA) is 88.3 Å². The fourth-order valence-corrected chi connectivity index (χ4v) is 3.13. The zero-order valence-electron chi connectivity index (χ0n) is 15.1. The molecule has 1 aromatic heterocycles. The first kappa shape index (κ1) is 19.7. The third-order valence-corrected chi connectivity index (χ3v) is 4.67. The lowest BCUT2D eigenvalue weighted by atomic mass is 9.92. The van der Waals surface area contributed by atoms with E-state index in [9.17, 15) is 22.8 Å². The summed E-state index contributed by atoms with van der Waals surface area (Å²) in [5.41, 5.74) is 6.84. The minimum absolute atomic E-state index is 0.269. The number of carbonyl (C=O) groups is 2. The number of nitrogen functional groups attached to an aromatic ring is 1. The number of piperidine rings is 1. The van der Waals surface area contributed by atoms with E-state index in [4.69, 9.17) is 5.73 Å². The largest absolute Gasteiger partial charge is 0.383 e. The number of alkyl halides is 2. The Morgan fingerprint density at radius 2 is 1.96 bits per heavy atom. The molecule has 0 spiro atoms. The monoisotopic (exact) mass is 392 g/mol. The van der Waals surface area contributed by atoms with Gasteiger partial charge >= 0.3 is 11.8 Å². The number of amides is 2. The number of nitrogens with one attached hydrogen (secondary N) is 1. The van der Waals surface area contributed by atoms with Crippen LogP contribution in [0.4, 0.5) is 24.7 Å². The summed E-state index contributed by atoms with van der Waals surface area (Å²) in [6.45, 7) is 1.40. The summed E-state index contributed by atoms with van der Waals surface area (Å²) in [4.78, 5) is 30.0. The molecule has 148 valence electrons. The molecule has 3 N–H and O–H groups in total. The SMILES string of the molecule is Cc1cc(NC(=O)C(=O)N2CCC(F)(F)C[C@H]2c2ccc(F)cc2)cnc1N. The molecule has 0 unspecified atom stereocenters. The maximum absolute atomic E-state index is 14.0. The molecule has 1 atom stereocenters. The van der Waals surface area contributed by atoms with Gasteiger partial charge in [-0.05, 0) is 36.2 Å². The van der Waals surface area contributed by atoms with Gasteiger partial charge in [-0.15, -0.1) is 0 Å². The van der Waals surface area contributed by atoms with Crippen molar-refractivity contribution >= 4 is 23.3 Å². The molecule has 0 radical (unpaired) electrons. The summed E-state index contributed by atoms with van der Waals surface area (Å²) in [6.07, 6.45) is 0.113. The van der Waals surface area contributed by atoms with Crippen LogP contribution in [0.1, 0.15) is 30.0 Å². The van der Waals surface area contributed by atoms with Crippen LogP contribution in [0.2, 0.25) is 0 Å². The van der Waals surface area contributed by atoms with E-state index < -0.39 is 42.4 Å². The number of anilines is 2. The Balaban J connectivity index is 1.81. The Bertz CT molecular complexity index is 903. The van der Waals surface area contributed by atoms with Gasteiger partial charge in [0.25, 0.3) is 5.92 Å². The Hall–Kier alpha value is -3.10. The number of likely N-dealkylation sites (tertiary alicyclic amines) is 1. The van der Waals surface area contributed by atoms with Crippen molar-refractivity contribution in [2.45, 2.75) is 31.7 Å². The number of aryl methyl sites for hydroxylation is 1. The average molecular weight is 392 g/mol. The van der Waals surface area contributed by atoms with Crippen LogP contribution < -0.4 is 11.1 Å². The molecule has 0 aliphatic carbocycles. The summed E-state index contributed by atoms with van der Waals surface area (Å²) in [5, 5.41) is 2.41. The summed E-state index contributed by atoms with van der Waals surface area (Å²) in [6, 6.07) is 5.46. The number of halogens is 3. The van der Waals surface area contributed by atoms with Crippen LogP contribution in [-0.2, 0) is 9.59 Å². The first-order valence-corrected chi connectivity index (χ1v) is 8.64. The molecule has 2 amide bonds. The van der Waals surface area contributed by atoms with Crippen molar-refractivity contribution in [1.29, 1.82) is 0 Å². The number of pyridine rings is 1. The second-order valence-corrected chi connectivity index (χ2v) is 6.76. The number of benzene rings is 1. The van der Waals surface area contributed by atoms with Gasteiger partial charge in [-0.1, -0.05) is 12.1 Å². The summed E-state index contributed by atoms with van der Waals surface area (Å²) in [7, 11) is 0. The minimum atomic E-state index is -2.98. The van der Waals surface area contributed by atoms with E-state index in [1.165, 1.54) is 18.3 Å². The molecule has 1 saturated heterocycles. The number of hydrogen-bond acceptors (Lipinski definition) is 4. The summed E-state index contributed by atoms with van der Waals surface area (Å²) in [5.74, 6) is -5.13. The minimum Gasteiger partial charge on any atom is -0.383 e. The predicted octanol–water partition coefficient (Wildman–Crippen LogP) is 3.05. The molecule has 1 aromatic carbocycles. The van der Waals surface area contributed by atoms with Crippen LogP contribution in [0, 0.1) is 12.7 Å². The van der Waals surface area contributed by atoms with Crippen molar-refractivity contribution in [3.8, 4) is 0 Å². The number of hydrogen-bond donors (Lipinski definition) is 2. The third kappa shape index (κ3) is 4.24. The third-order valence-electron chi connectivity index (χ3n) is 4.67. The molecule has 0 bridgehead atoms. The normalized spacial score (nSPS) is 18.6. The average Bonchev–Trinajstić information content (AvgIpc) is 2.64. The van der Waals surface area contributed by atoms with E-state index in [2.05, 4.69) is 10.3 Å². The molecule has 9 heteroatoms. The Morgan fingerprint density at radius 3 is 2.61 bits per heavy atom. The van der Waals surface area contributed by atoms with E-state index in [0.717, 1.165) is 17.0 Å². The highest BCUT2D eigenvalue weighted by Gasteiger charge is 2.44. The van der Waals surface area contributed by atoms with Gasteiger partial charge in [-0.2, -0.15) is 0 Å². The van der Waals surface area contributed by atoms with Crippen LogP contribution in [0.15, 0.2) is 36.5 Å². The molecule has 28 heavy (non-hydrogen) atoms. The number of rotatable bonds is 2. The van der Waals surface area contributed by atoms with Gasteiger partial charge in [0.15, 0.2) is 0 Å². The summed E-state index contributed by atoms with van der Waals surface area (Å²) >= 11 is 0. The van der Waals surface area contributed by atoms with Crippen molar-refractivity contribution in [2.24, 2.45) is 0 Å². The Kier molecular flexibility index (Phi) is 5.26. The molecule has 1 fully saturated rings. The lowest BCUT2D eigenvalue weighted by Crippen LogP contribution is -2.48. The van der Waals surface area contributed by atoms with Gasteiger partial charge < -0.3 is 16.0 Å². The lowest BCUT2D eigenvalue weighted by molar-refractivity contribution is -0.151. The summed E-state index contributed by atoms with van der Waals surface area (Å²) < 4.78 is 41.1. The van der Waals surface area contributed by atoms with E-state index in [1.807, 2.05) is 0 Å². The second kappa shape index (κ2) is 7.49. The number of carbonyl (C=O) groups excluding carboxylic acids is 2. The van der Waals surface area contributed by atoms with Crippen LogP contribution in [0.5, 0.6) is 0 Å². The molecule has 6 nitrogen and oxygen atoms in total. The number of nitrogens with two attached hydrogens (primary N) is 1. The van der Waals surface area contributed by atoms with Crippen LogP contribution in [-0.4, -0.2) is 34.2 Å². The highest BCUT2D eigenvalue weighted by Crippen LogP contribution is 2.40. The Labute approximate surface area is 159 Å². The van der Waals surface area contributed by atoms with Crippen LogP contribution in [0.25, 0.3) is 0 Å². The van der Waals surface area contributed by atoms with Gasteiger partial charge in [0.1, 0.15) is 11.6 Å². The maximum atomic E-state index is 14.0. The standard InChI is InChI=1S/C19H19F3N4O2/c1-11-8-14(10-24-16(11)23)25-17(27)18(28)26-7-6-19(21,22)9-15(26)12-2-4-13(20)5-3-12/h2-5,8,10,15H,6-7,9H2,1H3,(H2,23,24)(H,25,27)/t15-/m0/s1. The van der Waals surface area contributed by atoms with Gasteiger partial charge in [0.05, 0.1) is 17.9 Å². The highest BCUT2D eigenvalue weighted by atomic mass is 19.3. The van der Waals surface area contributed by atoms with Crippen LogP contribution >= 0.6 is 0 Å². The van der Waals surface area contributed by atoms with Crippen molar-refractivity contribution < 1.29 is 22.8 Å².